The van der Waals surface area contributed by atoms with Gasteiger partial charge in [-0.3, -0.25) is 9.48 Å². The van der Waals surface area contributed by atoms with Crippen molar-refractivity contribution in [2.24, 2.45) is 7.05 Å². The number of hydrogen-bond donors (Lipinski definition) is 2. The molecule has 0 saturated carbocycles. The Labute approximate surface area is 82.0 Å². The molecule has 1 heterocycles. The van der Waals surface area contributed by atoms with E-state index in [-0.39, 0.29) is 6.42 Å². The molecular formula is C9H14N2O3. The molecule has 1 aromatic heterocycles. The molecular weight excluding hydrogens is 184 g/mol. The Balaban J connectivity index is 2.35. The molecule has 0 amide bonds. The predicted octanol–water partition coefficient (Wildman–Crippen LogP) is 0.708. The van der Waals surface area contributed by atoms with Crippen molar-refractivity contribution < 1.29 is 15.0 Å². The van der Waals surface area contributed by atoms with Crippen LogP contribution in [0.5, 0.6) is 0 Å². The van der Waals surface area contributed by atoms with Gasteiger partial charge in [0.1, 0.15) is 0 Å². The SMILES string of the molecule is Cn1cc(C(O)CCCC(=O)O)cn1. The highest BCUT2D eigenvalue weighted by Gasteiger charge is 2.09. The predicted molar refractivity (Wildman–Crippen MR) is 49.7 cm³/mol. The zero-order valence-electron chi connectivity index (χ0n) is 8.05. The van der Waals surface area contributed by atoms with Crippen LogP contribution in [0.15, 0.2) is 12.4 Å². The van der Waals surface area contributed by atoms with Gasteiger partial charge in [0.15, 0.2) is 0 Å². The average molecular weight is 198 g/mol. The molecule has 5 heteroatoms. The molecule has 5 nitrogen and oxygen atoms in total. The van der Waals surface area contributed by atoms with Gasteiger partial charge in [-0.05, 0) is 12.8 Å². The summed E-state index contributed by atoms with van der Waals surface area (Å²) in [5.74, 6) is -0.830. The van der Waals surface area contributed by atoms with Crippen LogP contribution in [0.4, 0.5) is 0 Å². The van der Waals surface area contributed by atoms with Crippen molar-refractivity contribution in [3.8, 4) is 0 Å². The lowest BCUT2D eigenvalue weighted by Gasteiger charge is -2.05. The Morgan fingerprint density at radius 1 is 1.71 bits per heavy atom. The monoisotopic (exact) mass is 198 g/mol. The lowest BCUT2D eigenvalue weighted by molar-refractivity contribution is -0.137. The second-order valence-corrected chi connectivity index (χ2v) is 3.25. The first-order valence-corrected chi connectivity index (χ1v) is 4.48. The van der Waals surface area contributed by atoms with E-state index < -0.39 is 12.1 Å². The van der Waals surface area contributed by atoms with Crippen LogP contribution >= 0.6 is 0 Å². The third-order valence-corrected chi connectivity index (χ3v) is 1.98. The number of nitrogens with zero attached hydrogens (tertiary/aromatic N) is 2. The van der Waals surface area contributed by atoms with E-state index in [2.05, 4.69) is 5.10 Å². The highest BCUT2D eigenvalue weighted by atomic mass is 16.4. The molecule has 1 aromatic rings. The summed E-state index contributed by atoms with van der Waals surface area (Å²) in [4.78, 5) is 10.2. The topological polar surface area (TPSA) is 75.4 Å². The quantitative estimate of drug-likeness (QED) is 0.730. The number of aromatic nitrogens is 2. The maximum atomic E-state index is 10.2. The molecule has 1 unspecified atom stereocenters. The van der Waals surface area contributed by atoms with E-state index in [1.807, 2.05) is 0 Å². The van der Waals surface area contributed by atoms with Gasteiger partial charge in [-0.25, -0.2) is 0 Å². The Morgan fingerprint density at radius 3 is 2.93 bits per heavy atom. The molecule has 0 spiro atoms. The van der Waals surface area contributed by atoms with Gasteiger partial charge >= 0.3 is 5.97 Å². The van der Waals surface area contributed by atoms with Crippen LogP contribution in [0.3, 0.4) is 0 Å². The summed E-state index contributed by atoms with van der Waals surface area (Å²) in [5.41, 5.74) is 0.734. The lowest BCUT2D eigenvalue weighted by Crippen LogP contribution is -1.99. The zero-order valence-corrected chi connectivity index (χ0v) is 8.05. The summed E-state index contributed by atoms with van der Waals surface area (Å²) >= 11 is 0. The summed E-state index contributed by atoms with van der Waals surface area (Å²) in [6.45, 7) is 0. The van der Waals surface area contributed by atoms with Crippen molar-refractivity contribution in [3.63, 3.8) is 0 Å². The van der Waals surface area contributed by atoms with Crippen LogP contribution < -0.4 is 0 Å². The van der Waals surface area contributed by atoms with E-state index in [1.165, 1.54) is 0 Å². The Bertz CT molecular complexity index is 309. The molecule has 0 aliphatic rings. The van der Waals surface area contributed by atoms with Gasteiger partial charge < -0.3 is 10.2 Å². The summed E-state index contributed by atoms with van der Waals surface area (Å²) < 4.78 is 1.61. The molecule has 1 rings (SSSR count). The number of aliphatic hydroxyl groups excluding tert-OH is 1. The first-order chi connectivity index (χ1) is 6.59. The van der Waals surface area contributed by atoms with Crippen LogP contribution in [-0.4, -0.2) is 26.0 Å². The van der Waals surface area contributed by atoms with Gasteiger partial charge in [0.2, 0.25) is 0 Å². The van der Waals surface area contributed by atoms with E-state index >= 15 is 0 Å². The molecule has 0 fully saturated rings. The van der Waals surface area contributed by atoms with Crippen LogP contribution in [-0.2, 0) is 11.8 Å². The Hall–Kier alpha value is -1.36. The highest BCUT2D eigenvalue weighted by Crippen LogP contribution is 2.17. The number of carboxylic acids is 1. The number of rotatable bonds is 5. The van der Waals surface area contributed by atoms with E-state index in [4.69, 9.17) is 5.11 Å². The van der Waals surface area contributed by atoms with Crippen LogP contribution in [0, 0.1) is 0 Å². The normalized spacial score (nSPS) is 12.7. The Kier molecular flexibility index (Phi) is 3.64. The van der Waals surface area contributed by atoms with Gasteiger partial charge in [-0.1, -0.05) is 0 Å². The first-order valence-electron chi connectivity index (χ1n) is 4.48. The lowest BCUT2D eigenvalue weighted by atomic mass is 10.1. The molecule has 0 bridgehead atoms. The fraction of sp³-hybridized carbons (Fsp3) is 0.556. The smallest absolute Gasteiger partial charge is 0.303 e. The highest BCUT2D eigenvalue weighted by molar-refractivity contribution is 5.66. The van der Waals surface area contributed by atoms with Gasteiger partial charge in [0.05, 0.1) is 12.3 Å². The second-order valence-electron chi connectivity index (χ2n) is 3.25. The van der Waals surface area contributed by atoms with E-state index in [0.29, 0.717) is 12.8 Å². The minimum atomic E-state index is -0.830. The number of aliphatic hydroxyl groups is 1. The third kappa shape index (κ3) is 3.18. The van der Waals surface area contributed by atoms with Crippen molar-refractivity contribution in [3.05, 3.63) is 18.0 Å². The number of carbonyl (C=O) groups is 1. The minimum absolute atomic E-state index is 0.0946. The van der Waals surface area contributed by atoms with Crippen molar-refractivity contribution in [2.45, 2.75) is 25.4 Å². The fourth-order valence-electron chi connectivity index (χ4n) is 1.23. The Morgan fingerprint density at radius 2 is 2.43 bits per heavy atom. The minimum Gasteiger partial charge on any atom is -0.481 e. The second kappa shape index (κ2) is 4.76. The summed E-state index contributed by atoms with van der Waals surface area (Å²) in [5, 5.41) is 21.9. The van der Waals surface area contributed by atoms with Gasteiger partial charge in [-0.15, -0.1) is 0 Å². The van der Waals surface area contributed by atoms with E-state index in [1.54, 1.807) is 24.1 Å². The van der Waals surface area contributed by atoms with Crippen LogP contribution in [0.25, 0.3) is 0 Å². The summed E-state index contributed by atoms with van der Waals surface area (Å²) in [7, 11) is 1.77. The number of aliphatic carboxylic acids is 1. The first kappa shape index (κ1) is 10.7. The zero-order chi connectivity index (χ0) is 10.6. The van der Waals surface area contributed by atoms with Gasteiger partial charge in [0, 0.05) is 25.2 Å². The van der Waals surface area contributed by atoms with Crippen LogP contribution in [0.1, 0.15) is 30.9 Å². The summed E-state index contributed by atoms with van der Waals surface area (Å²) in [6, 6.07) is 0. The number of carboxylic acid groups (broad SMARTS) is 1. The molecule has 0 aliphatic heterocycles. The van der Waals surface area contributed by atoms with Gasteiger partial charge in [0.25, 0.3) is 0 Å². The standard InChI is InChI=1S/C9H14N2O3/c1-11-6-7(5-10-11)8(12)3-2-4-9(13)14/h5-6,8,12H,2-4H2,1H3,(H,13,14). The van der Waals surface area contributed by atoms with E-state index in [9.17, 15) is 9.90 Å². The van der Waals surface area contributed by atoms with Gasteiger partial charge in [-0.2, -0.15) is 5.10 Å². The van der Waals surface area contributed by atoms with Crippen LogP contribution in [0.2, 0.25) is 0 Å². The maximum Gasteiger partial charge on any atom is 0.303 e. The number of hydrogen-bond acceptors (Lipinski definition) is 3. The molecule has 0 aromatic carbocycles. The largest absolute Gasteiger partial charge is 0.481 e. The molecule has 0 aliphatic carbocycles. The average Bonchev–Trinajstić information content (AvgIpc) is 2.51. The van der Waals surface area contributed by atoms with E-state index in [0.717, 1.165) is 5.56 Å². The van der Waals surface area contributed by atoms with Crippen molar-refractivity contribution in [1.82, 2.24) is 9.78 Å². The molecule has 2 N–H and O–H groups in total. The third-order valence-electron chi connectivity index (χ3n) is 1.98. The number of aryl methyl sites for hydroxylation is 1. The van der Waals surface area contributed by atoms with Crippen molar-refractivity contribution in [2.75, 3.05) is 0 Å². The van der Waals surface area contributed by atoms with Crippen molar-refractivity contribution in [1.29, 1.82) is 0 Å². The molecule has 0 saturated heterocycles. The molecule has 14 heavy (non-hydrogen) atoms. The molecule has 1 atom stereocenters. The molecule has 78 valence electrons. The maximum absolute atomic E-state index is 10.2. The molecule has 0 radical (unpaired) electrons. The summed E-state index contributed by atoms with van der Waals surface area (Å²) in [6.07, 6.45) is 3.74. The fourth-order valence-corrected chi connectivity index (χ4v) is 1.23. The van der Waals surface area contributed by atoms with Crippen molar-refractivity contribution >= 4 is 5.97 Å².